The Bertz CT molecular complexity index is 818. The van der Waals surface area contributed by atoms with E-state index < -0.39 is 11.1 Å². The Labute approximate surface area is 146 Å². The quantitative estimate of drug-likeness (QED) is 0.646. The Morgan fingerprint density at radius 3 is 2.88 bits per heavy atom. The number of nitrogens with zero attached hydrogens (tertiary/aromatic N) is 2. The molecule has 0 aliphatic carbocycles. The standard InChI is InChI=1S/C16H13FN4O3S/c17-10-3-5-11(6-4-10)19-15(23)13-8-14(22)20-16(25-13)21-18-9-12-2-1-7-24-12/h1-7,9,13H,8H2,(H,19,23)(H,20,21,22)/b18-9-/t13-/m0/s1. The average molecular weight is 360 g/mol. The number of benzene rings is 1. The minimum atomic E-state index is -0.656. The lowest BCUT2D eigenvalue weighted by Gasteiger charge is -2.21. The molecule has 1 aliphatic heterocycles. The number of rotatable bonds is 4. The first-order chi connectivity index (χ1) is 12.1. The summed E-state index contributed by atoms with van der Waals surface area (Å²) in [6.07, 6.45) is 2.90. The predicted octanol–water partition coefficient (Wildman–Crippen LogP) is 2.37. The fourth-order valence-electron chi connectivity index (χ4n) is 2.00. The fraction of sp³-hybridized carbons (Fsp3) is 0.125. The first-order valence-electron chi connectivity index (χ1n) is 7.27. The van der Waals surface area contributed by atoms with Crippen LogP contribution in [0.5, 0.6) is 0 Å². The van der Waals surface area contributed by atoms with Crippen molar-refractivity contribution in [3.63, 3.8) is 0 Å². The highest BCUT2D eigenvalue weighted by atomic mass is 32.2. The SMILES string of the molecule is O=C1C[C@@H](C(=O)Nc2ccc(F)cc2)S/C(=N/N=C\c2ccco2)N1. The van der Waals surface area contributed by atoms with Gasteiger partial charge in [-0.05, 0) is 36.4 Å². The average Bonchev–Trinajstić information content (AvgIpc) is 3.10. The van der Waals surface area contributed by atoms with Gasteiger partial charge in [-0.2, -0.15) is 5.10 Å². The van der Waals surface area contributed by atoms with E-state index >= 15 is 0 Å². The molecule has 1 aromatic heterocycles. The molecule has 2 N–H and O–H groups in total. The minimum absolute atomic E-state index is 0.0125. The summed E-state index contributed by atoms with van der Waals surface area (Å²) in [5.41, 5.74) is 0.451. The number of carbonyl (C=O) groups is 2. The second kappa shape index (κ2) is 7.75. The van der Waals surface area contributed by atoms with Crippen molar-refractivity contribution in [1.82, 2.24) is 5.32 Å². The molecule has 0 radical (unpaired) electrons. The third-order valence-electron chi connectivity index (χ3n) is 3.15. The van der Waals surface area contributed by atoms with E-state index in [1.165, 1.54) is 36.7 Å². The van der Waals surface area contributed by atoms with Crippen molar-refractivity contribution in [3.8, 4) is 0 Å². The summed E-state index contributed by atoms with van der Waals surface area (Å²) in [5.74, 6) is -0.575. The van der Waals surface area contributed by atoms with Crippen LogP contribution in [0.1, 0.15) is 12.2 Å². The number of anilines is 1. The van der Waals surface area contributed by atoms with Gasteiger partial charge in [-0.3, -0.25) is 9.59 Å². The van der Waals surface area contributed by atoms with E-state index in [-0.39, 0.29) is 23.4 Å². The van der Waals surface area contributed by atoms with E-state index in [1.807, 2.05) is 0 Å². The lowest BCUT2D eigenvalue weighted by molar-refractivity contribution is -0.123. The molecule has 0 unspecified atom stereocenters. The summed E-state index contributed by atoms with van der Waals surface area (Å²) in [6, 6.07) is 8.79. The fourth-order valence-corrected chi connectivity index (χ4v) is 2.94. The number of hydrogen-bond acceptors (Lipinski definition) is 6. The topological polar surface area (TPSA) is 96.1 Å². The third-order valence-corrected chi connectivity index (χ3v) is 4.22. The normalized spacial score (nSPS) is 19.2. The van der Waals surface area contributed by atoms with E-state index in [9.17, 15) is 14.0 Å². The molecule has 0 bridgehead atoms. The number of carbonyl (C=O) groups excluding carboxylic acids is 2. The van der Waals surface area contributed by atoms with Crippen LogP contribution in [0.15, 0.2) is 57.3 Å². The van der Waals surface area contributed by atoms with Crippen LogP contribution < -0.4 is 10.6 Å². The van der Waals surface area contributed by atoms with Gasteiger partial charge in [0.15, 0.2) is 5.17 Å². The zero-order valence-electron chi connectivity index (χ0n) is 12.8. The Morgan fingerprint density at radius 2 is 2.16 bits per heavy atom. The summed E-state index contributed by atoms with van der Waals surface area (Å²) in [5, 5.41) is 12.5. The molecule has 1 atom stereocenters. The van der Waals surface area contributed by atoms with Crippen molar-refractivity contribution in [2.45, 2.75) is 11.7 Å². The molecular formula is C16H13FN4O3S. The van der Waals surface area contributed by atoms with Crippen LogP contribution in [-0.2, 0) is 9.59 Å². The molecule has 2 aromatic rings. The van der Waals surface area contributed by atoms with Crippen LogP contribution >= 0.6 is 11.8 Å². The lowest BCUT2D eigenvalue weighted by Crippen LogP contribution is -2.41. The molecule has 25 heavy (non-hydrogen) atoms. The summed E-state index contributed by atoms with van der Waals surface area (Å²) < 4.78 is 18.0. The Hall–Kier alpha value is -2.94. The van der Waals surface area contributed by atoms with Gasteiger partial charge in [0.05, 0.1) is 12.5 Å². The second-order valence-electron chi connectivity index (χ2n) is 5.02. The Kier molecular flexibility index (Phi) is 5.24. The molecule has 1 saturated heterocycles. The largest absolute Gasteiger partial charge is 0.463 e. The molecule has 1 aliphatic rings. The number of amidine groups is 1. The maximum Gasteiger partial charge on any atom is 0.238 e. The van der Waals surface area contributed by atoms with Crippen molar-refractivity contribution >= 4 is 40.6 Å². The van der Waals surface area contributed by atoms with Gasteiger partial charge in [-0.25, -0.2) is 4.39 Å². The van der Waals surface area contributed by atoms with Crippen molar-refractivity contribution in [3.05, 3.63) is 54.2 Å². The zero-order chi connectivity index (χ0) is 17.6. The predicted molar refractivity (Wildman–Crippen MR) is 92.9 cm³/mol. The first-order valence-corrected chi connectivity index (χ1v) is 8.15. The van der Waals surface area contributed by atoms with E-state index in [0.717, 1.165) is 11.8 Å². The van der Waals surface area contributed by atoms with Gasteiger partial charge in [-0.15, -0.1) is 5.10 Å². The Morgan fingerprint density at radius 1 is 1.36 bits per heavy atom. The molecule has 1 fully saturated rings. The van der Waals surface area contributed by atoms with Crippen molar-refractivity contribution in [1.29, 1.82) is 0 Å². The van der Waals surface area contributed by atoms with Crippen LogP contribution in [0, 0.1) is 5.82 Å². The maximum absolute atomic E-state index is 12.9. The summed E-state index contributed by atoms with van der Waals surface area (Å²) in [6.45, 7) is 0. The van der Waals surface area contributed by atoms with E-state index in [1.54, 1.807) is 12.1 Å². The van der Waals surface area contributed by atoms with Gasteiger partial charge in [-0.1, -0.05) is 11.8 Å². The number of furan rings is 1. The van der Waals surface area contributed by atoms with Crippen LogP contribution in [0.4, 0.5) is 10.1 Å². The second-order valence-corrected chi connectivity index (χ2v) is 6.21. The van der Waals surface area contributed by atoms with Crippen molar-refractivity contribution in [2.24, 2.45) is 10.2 Å². The van der Waals surface area contributed by atoms with Gasteiger partial charge in [0, 0.05) is 12.1 Å². The molecule has 0 spiro atoms. The number of halogens is 1. The molecule has 2 heterocycles. The molecule has 2 amide bonds. The lowest BCUT2D eigenvalue weighted by atomic mass is 10.2. The molecule has 7 nitrogen and oxygen atoms in total. The van der Waals surface area contributed by atoms with Crippen molar-refractivity contribution in [2.75, 3.05) is 5.32 Å². The zero-order valence-corrected chi connectivity index (χ0v) is 13.6. The van der Waals surface area contributed by atoms with Gasteiger partial charge in [0.25, 0.3) is 0 Å². The highest BCUT2D eigenvalue weighted by molar-refractivity contribution is 8.15. The van der Waals surface area contributed by atoms with Gasteiger partial charge in [0.2, 0.25) is 11.8 Å². The van der Waals surface area contributed by atoms with Gasteiger partial charge >= 0.3 is 0 Å². The highest BCUT2D eigenvalue weighted by Gasteiger charge is 2.30. The third kappa shape index (κ3) is 4.77. The van der Waals surface area contributed by atoms with Crippen LogP contribution in [-0.4, -0.2) is 28.4 Å². The first kappa shape index (κ1) is 16.9. The molecular weight excluding hydrogens is 347 g/mol. The molecule has 1 aromatic carbocycles. The van der Waals surface area contributed by atoms with Crippen LogP contribution in [0.2, 0.25) is 0 Å². The summed E-state index contributed by atoms with van der Waals surface area (Å²) in [4.78, 5) is 24.1. The van der Waals surface area contributed by atoms with E-state index in [4.69, 9.17) is 4.42 Å². The van der Waals surface area contributed by atoms with Gasteiger partial charge < -0.3 is 15.1 Å². The maximum atomic E-state index is 12.9. The molecule has 128 valence electrons. The minimum Gasteiger partial charge on any atom is -0.463 e. The summed E-state index contributed by atoms with van der Waals surface area (Å²) in [7, 11) is 0. The molecule has 9 heteroatoms. The summed E-state index contributed by atoms with van der Waals surface area (Å²) >= 11 is 1.09. The Balaban J connectivity index is 1.64. The molecule has 0 saturated carbocycles. The number of nitrogens with one attached hydrogen (secondary N) is 2. The van der Waals surface area contributed by atoms with Crippen LogP contribution in [0.3, 0.4) is 0 Å². The van der Waals surface area contributed by atoms with E-state index in [0.29, 0.717) is 11.4 Å². The number of amides is 2. The number of hydrogen-bond donors (Lipinski definition) is 2. The van der Waals surface area contributed by atoms with Crippen molar-refractivity contribution < 1.29 is 18.4 Å². The monoisotopic (exact) mass is 360 g/mol. The number of thioether (sulfide) groups is 1. The van der Waals surface area contributed by atoms with E-state index in [2.05, 4.69) is 20.8 Å². The van der Waals surface area contributed by atoms with Crippen LogP contribution in [0.25, 0.3) is 0 Å². The smallest absolute Gasteiger partial charge is 0.238 e. The highest BCUT2D eigenvalue weighted by Crippen LogP contribution is 2.22. The molecule has 3 rings (SSSR count). The van der Waals surface area contributed by atoms with Gasteiger partial charge in [0.1, 0.15) is 16.8 Å².